The van der Waals surface area contributed by atoms with Crippen molar-refractivity contribution in [3.63, 3.8) is 0 Å². The van der Waals surface area contributed by atoms with Crippen LogP contribution in [0, 0.1) is 0 Å². The molecule has 2 rings (SSSR count). The summed E-state index contributed by atoms with van der Waals surface area (Å²) < 4.78 is 0.524. The molecule has 2 heterocycles. The van der Waals surface area contributed by atoms with Crippen LogP contribution in [-0.2, 0) is 6.42 Å². The van der Waals surface area contributed by atoms with Gasteiger partial charge in [-0.05, 0) is 39.5 Å². The lowest BCUT2D eigenvalue weighted by molar-refractivity contribution is 0.775. The van der Waals surface area contributed by atoms with Crippen molar-refractivity contribution in [2.45, 2.75) is 26.2 Å². The molecule has 0 aliphatic heterocycles. The maximum atomic E-state index is 11.8. The normalized spacial score (nSPS) is 10.9. The Balaban J connectivity index is 2.38. The molecule has 1 N–H and O–H groups in total. The number of H-pyrrole nitrogens is 1. The van der Waals surface area contributed by atoms with Crippen LogP contribution in [0.3, 0.4) is 0 Å². The number of hydrogen-bond acceptors (Lipinski definition) is 3. The van der Waals surface area contributed by atoms with E-state index in [1.165, 1.54) is 0 Å². The van der Waals surface area contributed by atoms with Gasteiger partial charge in [-0.1, -0.05) is 13.8 Å². The largest absolute Gasteiger partial charge is 0.309 e. The zero-order chi connectivity index (χ0) is 13.1. The molecular formula is C13H14BrN3O. The third kappa shape index (κ3) is 2.85. The number of aromatic nitrogens is 3. The van der Waals surface area contributed by atoms with Crippen LogP contribution in [0.2, 0.25) is 0 Å². The minimum Gasteiger partial charge on any atom is -0.309 e. The Hall–Kier alpha value is -1.49. The maximum Gasteiger partial charge on any atom is 0.265 e. The Morgan fingerprint density at radius 3 is 2.61 bits per heavy atom. The average molecular weight is 308 g/mol. The number of hydrogen-bond donors (Lipinski definition) is 1. The molecule has 0 amide bonds. The second-order valence-electron chi connectivity index (χ2n) is 4.40. The molecule has 0 saturated carbocycles. The van der Waals surface area contributed by atoms with Gasteiger partial charge in [0.05, 0.1) is 5.69 Å². The van der Waals surface area contributed by atoms with E-state index in [1.807, 2.05) is 26.0 Å². The molecule has 0 saturated heterocycles. The van der Waals surface area contributed by atoms with Crippen LogP contribution in [0.1, 0.15) is 36.8 Å². The number of rotatable bonds is 3. The molecule has 5 heteroatoms. The molecule has 0 aliphatic carbocycles. The van der Waals surface area contributed by atoms with Gasteiger partial charge in [-0.3, -0.25) is 9.78 Å². The fourth-order valence-electron chi connectivity index (χ4n) is 1.68. The fourth-order valence-corrected chi connectivity index (χ4v) is 2.33. The van der Waals surface area contributed by atoms with Crippen molar-refractivity contribution in [3.8, 4) is 0 Å². The van der Waals surface area contributed by atoms with Crippen molar-refractivity contribution >= 4 is 15.9 Å². The summed E-state index contributed by atoms with van der Waals surface area (Å²) >= 11 is 3.28. The summed E-state index contributed by atoms with van der Waals surface area (Å²) in [4.78, 5) is 23.1. The summed E-state index contributed by atoms with van der Waals surface area (Å²) in [6.45, 7) is 4.03. The summed E-state index contributed by atoms with van der Waals surface area (Å²) in [5, 5.41) is 0. The smallest absolute Gasteiger partial charge is 0.265 e. The van der Waals surface area contributed by atoms with Gasteiger partial charge in [0.2, 0.25) is 0 Å². The second kappa shape index (κ2) is 5.44. The van der Waals surface area contributed by atoms with Crippen LogP contribution in [0.5, 0.6) is 0 Å². The molecule has 0 spiro atoms. The van der Waals surface area contributed by atoms with E-state index in [1.54, 1.807) is 12.4 Å². The fraction of sp³-hybridized carbons (Fsp3) is 0.308. The number of halogens is 1. The zero-order valence-corrected chi connectivity index (χ0v) is 11.9. The standard InChI is InChI=1S/C13H14BrN3O/c1-8(2)12-11(14)13(18)17-10(16-12)7-9-3-5-15-6-4-9/h3-6,8H,7H2,1-2H3,(H,16,17,18). The highest BCUT2D eigenvalue weighted by Crippen LogP contribution is 2.19. The molecule has 94 valence electrons. The molecule has 18 heavy (non-hydrogen) atoms. The van der Waals surface area contributed by atoms with Crippen LogP contribution in [0.25, 0.3) is 0 Å². The van der Waals surface area contributed by atoms with Crippen molar-refractivity contribution in [2.24, 2.45) is 0 Å². The predicted octanol–water partition coefficient (Wildman–Crippen LogP) is 2.64. The monoisotopic (exact) mass is 307 g/mol. The Morgan fingerprint density at radius 2 is 2.00 bits per heavy atom. The summed E-state index contributed by atoms with van der Waals surface area (Å²) in [5.41, 5.74) is 1.74. The first-order chi connectivity index (χ1) is 8.58. The first kappa shape index (κ1) is 13.0. The lowest BCUT2D eigenvalue weighted by Gasteiger charge is -2.09. The van der Waals surface area contributed by atoms with E-state index in [-0.39, 0.29) is 11.5 Å². The highest BCUT2D eigenvalue weighted by atomic mass is 79.9. The molecule has 0 aromatic carbocycles. The topological polar surface area (TPSA) is 58.6 Å². The van der Waals surface area contributed by atoms with E-state index < -0.39 is 0 Å². The summed E-state index contributed by atoms with van der Waals surface area (Å²) in [7, 11) is 0. The second-order valence-corrected chi connectivity index (χ2v) is 5.19. The lowest BCUT2D eigenvalue weighted by Crippen LogP contribution is -2.16. The molecule has 4 nitrogen and oxygen atoms in total. The van der Waals surface area contributed by atoms with Crippen LogP contribution in [0.15, 0.2) is 33.8 Å². The highest BCUT2D eigenvalue weighted by molar-refractivity contribution is 9.10. The highest BCUT2D eigenvalue weighted by Gasteiger charge is 2.12. The van der Waals surface area contributed by atoms with E-state index >= 15 is 0 Å². The first-order valence-electron chi connectivity index (χ1n) is 5.75. The van der Waals surface area contributed by atoms with Gasteiger partial charge in [0.1, 0.15) is 10.3 Å². The van der Waals surface area contributed by atoms with Gasteiger partial charge in [-0.15, -0.1) is 0 Å². The Bertz CT molecular complexity index is 593. The van der Waals surface area contributed by atoms with E-state index in [0.717, 1.165) is 11.3 Å². The molecule has 0 aliphatic rings. The van der Waals surface area contributed by atoms with Crippen molar-refractivity contribution in [3.05, 3.63) is 56.4 Å². The quantitative estimate of drug-likeness (QED) is 0.948. The van der Waals surface area contributed by atoms with Crippen molar-refractivity contribution in [1.82, 2.24) is 15.0 Å². The molecular weight excluding hydrogens is 294 g/mol. The van der Waals surface area contributed by atoms with Gasteiger partial charge in [-0.25, -0.2) is 4.98 Å². The number of pyridine rings is 1. The first-order valence-corrected chi connectivity index (χ1v) is 6.54. The van der Waals surface area contributed by atoms with E-state index in [2.05, 4.69) is 30.9 Å². The number of aromatic amines is 1. The Morgan fingerprint density at radius 1 is 1.33 bits per heavy atom. The van der Waals surface area contributed by atoms with Crippen LogP contribution in [0.4, 0.5) is 0 Å². The predicted molar refractivity (Wildman–Crippen MR) is 73.7 cm³/mol. The van der Waals surface area contributed by atoms with E-state index in [4.69, 9.17) is 0 Å². The summed E-state index contributed by atoms with van der Waals surface area (Å²) in [6.07, 6.45) is 4.07. The average Bonchev–Trinajstić information content (AvgIpc) is 2.34. The SMILES string of the molecule is CC(C)c1nc(Cc2ccncc2)[nH]c(=O)c1Br. The van der Waals surface area contributed by atoms with Gasteiger partial charge in [0.25, 0.3) is 5.56 Å². The zero-order valence-electron chi connectivity index (χ0n) is 10.3. The van der Waals surface area contributed by atoms with Crippen LogP contribution >= 0.6 is 15.9 Å². The maximum absolute atomic E-state index is 11.8. The third-order valence-electron chi connectivity index (χ3n) is 2.61. The van der Waals surface area contributed by atoms with Gasteiger partial charge < -0.3 is 4.98 Å². The van der Waals surface area contributed by atoms with Gasteiger partial charge in [0, 0.05) is 18.8 Å². The minimum absolute atomic E-state index is 0.127. The lowest BCUT2D eigenvalue weighted by atomic mass is 10.1. The molecule has 0 unspecified atom stereocenters. The molecule has 2 aromatic rings. The molecule has 0 radical (unpaired) electrons. The van der Waals surface area contributed by atoms with E-state index in [0.29, 0.717) is 16.7 Å². The third-order valence-corrected chi connectivity index (χ3v) is 3.37. The van der Waals surface area contributed by atoms with Gasteiger partial charge >= 0.3 is 0 Å². The minimum atomic E-state index is -0.127. The summed E-state index contributed by atoms with van der Waals surface area (Å²) in [5.74, 6) is 0.885. The molecule has 2 aromatic heterocycles. The number of nitrogens with one attached hydrogen (secondary N) is 1. The van der Waals surface area contributed by atoms with Gasteiger partial charge in [0.15, 0.2) is 0 Å². The Kier molecular flexibility index (Phi) is 3.91. The van der Waals surface area contributed by atoms with Crippen molar-refractivity contribution in [2.75, 3.05) is 0 Å². The molecule has 0 fully saturated rings. The Labute approximate surface area is 114 Å². The van der Waals surface area contributed by atoms with Crippen LogP contribution in [-0.4, -0.2) is 15.0 Å². The number of nitrogens with zero attached hydrogens (tertiary/aromatic N) is 2. The van der Waals surface area contributed by atoms with E-state index in [9.17, 15) is 4.79 Å². The molecule has 0 atom stereocenters. The van der Waals surface area contributed by atoms with Crippen LogP contribution < -0.4 is 5.56 Å². The molecule has 0 bridgehead atoms. The van der Waals surface area contributed by atoms with Gasteiger partial charge in [-0.2, -0.15) is 0 Å². The van der Waals surface area contributed by atoms with Crippen molar-refractivity contribution in [1.29, 1.82) is 0 Å². The summed E-state index contributed by atoms with van der Waals surface area (Å²) in [6, 6.07) is 3.83. The van der Waals surface area contributed by atoms with Crippen molar-refractivity contribution < 1.29 is 0 Å².